The normalized spacial score (nSPS) is 36.1. The molecule has 3 N–H and O–H groups in total. The molecule has 0 saturated heterocycles. The number of hydrogen-bond donors (Lipinski definition) is 2. The molecule has 104 valence electrons. The lowest BCUT2D eigenvalue weighted by Gasteiger charge is -2.39. The van der Waals surface area contributed by atoms with Gasteiger partial charge in [0.1, 0.15) is 0 Å². The van der Waals surface area contributed by atoms with Crippen molar-refractivity contribution in [1.29, 1.82) is 0 Å². The van der Waals surface area contributed by atoms with Crippen LogP contribution in [0.1, 0.15) is 65.2 Å². The van der Waals surface area contributed by atoms with E-state index < -0.39 is 0 Å². The predicted molar refractivity (Wildman–Crippen MR) is 74.1 cm³/mol. The van der Waals surface area contributed by atoms with Crippen LogP contribution in [0.25, 0.3) is 0 Å². The Bertz CT molecular complexity index is 297. The minimum Gasteiger partial charge on any atom is -0.351 e. The first-order chi connectivity index (χ1) is 8.52. The van der Waals surface area contributed by atoms with Gasteiger partial charge in [-0.25, -0.2) is 0 Å². The van der Waals surface area contributed by atoms with Gasteiger partial charge < -0.3 is 11.1 Å². The van der Waals surface area contributed by atoms with Gasteiger partial charge in [-0.2, -0.15) is 0 Å². The van der Waals surface area contributed by atoms with Crippen molar-refractivity contribution < 1.29 is 4.79 Å². The van der Waals surface area contributed by atoms with E-state index in [1.807, 2.05) is 0 Å². The van der Waals surface area contributed by atoms with E-state index in [1.165, 1.54) is 19.3 Å². The summed E-state index contributed by atoms with van der Waals surface area (Å²) in [6.07, 6.45) is 9.25. The standard InChI is InChI=1S/C15H28N2O/c1-11-12(7-6-8-13(11)16)14(18)17-15(2)9-4-3-5-10-15/h11-13H,3-10,16H2,1-2H3,(H,17,18). The fourth-order valence-electron chi connectivity index (χ4n) is 3.61. The lowest BCUT2D eigenvalue weighted by atomic mass is 9.75. The van der Waals surface area contributed by atoms with Crippen molar-refractivity contribution in [3.63, 3.8) is 0 Å². The van der Waals surface area contributed by atoms with Crippen LogP contribution in [0.15, 0.2) is 0 Å². The highest BCUT2D eigenvalue weighted by atomic mass is 16.2. The number of carbonyl (C=O) groups excluding carboxylic acids is 1. The molecule has 0 aromatic carbocycles. The van der Waals surface area contributed by atoms with Gasteiger partial charge in [0.15, 0.2) is 0 Å². The average Bonchev–Trinajstić information content (AvgIpc) is 2.33. The molecule has 3 unspecified atom stereocenters. The Morgan fingerprint density at radius 3 is 2.50 bits per heavy atom. The molecule has 0 bridgehead atoms. The Kier molecular flexibility index (Phi) is 4.31. The largest absolute Gasteiger partial charge is 0.351 e. The molecule has 2 saturated carbocycles. The van der Waals surface area contributed by atoms with Crippen LogP contribution < -0.4 is 11.1 Å². The summed E-state index contributed by atoms with van der Waals surface area (Å²) in [7, 11) is 0. The summed E-state index contributed by atoms with van der Waals surface area (Å²) in [6, 6.07) is 0.202. The SMILES string of the molecule is CC1C(N)CCCC1C(=O)NC1(C)CCCCC1. The lowest BCUT2D eigenvalue weighted by Crippen LogP contribution is -2.52. The second kappa shape index (κ2) is 5.60. The minimum absolute atomic E-state index is 0.0383. The number of nitrogens with two attached hydrogens (primary N) is 1. The molecule has 3 nitrogen and oxygen atoms in total. The molecule has 0 heterocycles. The van der Waals surface area contributed by atoms with Crippen molar-refractivity contribution in [3.05, 3.63) is 0 Å². The first-order valence-corrected chi connectivity index (χ1v) is 7.59. The summed E-state index contributed by atoms with van der Waals surface area (Å²) in [4.78, 5) is 12.5. The Labute approximate surface area is 111 Å². The molecule has 0 spiro atoms. The van der Waals surface area contributed by atoms with Crippen LogP contribution in [0.4, 0.5) is 0 Å². The van der Waals surface area contributed by atoms with E-state index in [9.17, 15) is 4.79 Å². The third-order valence-electron chi connectivity index (χ3n) is 5.08. The fourth-order valence-corrected chi connectivity index (χ4v) is 3.61. The van der Waals surface area contributed by atoms with Gasteiger partial charge in [-0.05, 0) is 38.5 Å². The lowest BCUT2D eigenvalue weighted by molar-refractivity contribution is -0.130. The summed E-state index contributed by atoms with van der Waals surface area (Å²) in [5.41, 5.74) is 6.13. The second-order valence-electron chi connectivity index (χ2n) is 6.67. The molecule has 3 atom stereocenters. The zero-order chi connectivity index (χ0) is 13.2. The van der Waals surface area contributed by atoms with Gasteiger partial charge >= 0.3 is 0 Å². The van der Waals surface area contributed by atoms with Gasteiger partial charge in [-0.15, -0.1) is 0 Å². The number of hydrogen-bond acceptors (Lipinski definition) is 2. The molecule has 0 aromatic heterocycles. The number of rotatable bonds is 2. The van der Waals surface area contributed by atoms with Gasteiger partial charge in [-0.3, -0.25) is 4.79 Å². The molecule has 0 aliphatic heterocycles. The van der Waals surface area contributed by atoms with Gasteiger partial charge in [0.2, 0.25) is 5.91 Å². The summed E-state index contributed by atoms with van der Waals surface area (Å²) in [6.45, 7) is 4.34. The van der Waals surface area contributed by atoms with Crippen molar-refractivity contribution in [2.45, 2.75) is 76.8 Å². The molecule has 2 aliphatic carbocycles. The van der Waals surface area contributed by atoms with Crippen LogP contribution in [-0.2, 0) is 4.79 Å². The molecule has 0 aromatic rings. The van der Waals surface area contributed by atoms with Crippen LogP contribution in [0.5, 0.6) is 0 Å². The van der Waals surface area contributed by atoms with Gasteiger partial charge in [0, 0.05) is 17.5 Å². The molecule has 2 rings (SSSR count). The summed E-state index contributed by atoms with van der Waals surface area (Å²) in [5.74, 6) is 0.709. The van der Waals surface area contributed by atoms with Crippen LogP contribution in [0, 0.1) is 11.8 Å². The minimum atomic E-state index is 0.0383. The van der Waals surface area contributed by atoms with Crippen LogP contribution >= 0.6 is 0 Å². The van der Waals surface area contributed by atoms with Crippen molar-refractivity contribution >= 4 is 5.91 Å². The predicted octanol–water partition coefficient (Wildman–Crippen LogP) is 2.59. The Hall–Kier alpha value is -0.570. The molecule has 2 aliphatic rings. The highest BCUT2D eigenvalue weighted by Gasteiger charge is 2.36. The highest BCUT2D eigenvalue weighted by molar-refractivity contribution is 5.80. The van der Waals surface area contributed by atoms with Crippen LogP contribution in [-0.4, -0.2) is 17.5 Å². The maximum absolute atomic E-state index is 12.5. The van der Waals surface area contributed by atoms with Crippen LogP contribution in [0.2, 0.25) is 0 Å². The quantitative estimate of drug-likeness (QED) is 0.793. The highest BCUT2D eigenvalue weighted by Crippen LogP contribution is 2.32. The maximum Gasteiger partial charge on any atom is 0.223 e. The molecule has 3 heteroatoms. The van der Waals surface area contributed by atoms with Crippen molar-refractivity contribution in [2.75, 3.05) is 0 Å². The molecule has 2 fully saturated rings. The van der Waals surface area contributed by atoms with E-state index in [0.29, 0.717) is 5.92 Å². The Morgan fingerprint density at radius 2 is 1.83 bits per heavy atom. The zero-order valence-electron chi connectivity index (χ0n) is 11.9. The number of nitrogens with one attached hydrogen (secondary N) is 1. The first-order valence-electron chi connectivity index (χ1n) is 7.59. The monoisotopic (exact) mass is 252 g/mol. The molecule has 18 heavy (non-hydrogen) atoms. The fraction of sp³-hybridized carbons (Fsp3) is 0.933. The number of amides is 1. The smallest absolute Gasteiger partial charge is 0.223 e. The number of carbonyl (C=O) groups is 1. The van der Waals surface area contributed by atoms with Crippen molar-refractivity contribution in [2.24, 2.45) is 17.6 Å². The third-order valence-corrected chi connectivity index (χ3v) is 5.08. The van der Waals surface area contributed by atoms with Gasteiger partial charge in [0.25, 0.3) is 0 Å². The third kappa shape index (κ3) is 3.05. The zero-order valence-corrected chi connectivity index (χ0v) is 11.9. The van der Waals surface area contributed by atoms with Crippen LogP contribution in [0.3, 0.4) is 0 Å². The second-order valence-corrected chi connectivity index (χ2v) is 6.67. The summed E-state index contributed by atoms with van der Waals surface area (Å²) in [5, 5.41) is 3.32. The first kappa shape index (κ1) is 13.9. The van der Waals surface area contributed by atoms with Gasteiger partial charge in [0.05, 0.1) is 0 Å². The topological polar surface area (TPSA) is 55.1 Å². The van der Waals surface area contributed by atoms with Crippen molar-refractivity contribution in [1.82, 2.24) is 5.32 Å². The molecule has 0 radical (unpaired) electrons. The summed E-state index contributed by atoms with van der Waals surface area (Å²) < 4.78 is 0. The van der Waals surface area contributed by atoms with E-state index in [1.54, 1.807) is 0 Å². The summed E-state index contributed by atoms with van der Waals surface area (Å²) >= 11 is 0. The Balaban J connectivity index is 1.94. The van der Waals surface area contributed by atoms with E-state index in [0.717, 1.165) is 32.1 Å². The van der Waals surface area contributed by atoms with E-state index in [2.05, 4.69) is 19.2 Å². The van der Waals surface area contributed by atoms with E-state index in [4.69, 9.17) is 5.73 Å². The maximum atomic E-state index is 12.5. The van der Waals surface area contributed by atoms with E-state index >= 15 is 0 Å². The van der Waals surface area contributed by atoms with E-state index in [-0.39, 0.29) is 23.4 Å². The molecular formula is C15H28N2O. The molecule has 1 amide bonds. The average molecular weight is 252 g/mol. The molecular weight excluding hydrogens is 224 g/mol. The van der Waals surface area contributed by atoms with Crippen molar-refractivity contribution in [3.8, 4) is 0 Å². The Morgan fingerprint density at radius 1 is 1.17 bits per heavy atom. The van der Waals surface area contributed by atoms with Gasteiger partial charge in [-0.1, -0.05) is 32.6 Å².